The first-order valence-electron chi connectivity index (χ1n) is 4.71. The third kappa shape index (κ3) is 2.78. The number of phenols is 2. The van der Waals surface area contributed by atoms with Gasteiger partial charge in [-0.05, 0) is 47.5 Å². The molecule has 5 nitrogen and oxygen atoms in total. The van der Waals surface area contributed by atoms with Crippen molar-refractivity contribution in [2.45, 2.75) is 11.8 Å². The maximum absolute atomic E-state index is 10.9. The van der Waals surface area contributed by atoms with E-state index in [2.05, 4.69) is 0 Å². The number of phenolic OH excluding ortho intramolecular Hbond substituents is 2. The average Bonchev–Trinajstić information content (AvgIpc) is 2.18. The summed E-state index contributed by atoms with van der Waals surface area (Å²) in [7, 11) is -4.71. The molecule has 2 aromatic carbocycles. The van der Waals surface area contributed by atoms with Gasteiger partial charge in [0.1, 0.15) is 21.6 Å². The number of aryl methyl sites for hydroxylation is 1. The smallest absolute Gasteiger partial charge is 0.744 e. The SMILES string of the molecule is Cc1cc2cc(S(=O)(=O)[O-])c(O)cc2cc1O.[Na+]. The topological polar surface area (TPSA) is 97.7 Å². The van der Waals surface area contributed by atoms with Crippen molar-refractivity contribution >= 4 is 20.9 Å². The molecule has 0 radical (unpaired) electrons. The predicted octanol–water partition coefficient (Wildman–Crippen LogP) is -1.53. The molecule has 18 heavy (non-hydrogen) atoms. The van der Waals surface area contributed by atoms with Gasteiger partial charge in [0.25, 0.3) is 0 Å². The van der Waals surface area contributed by atoms with Crippen LogP contribution in [0.15, 0.2) is 29.2 Å². The number of hydrogen-bond donors (Lipinski definition) is 2. The quantitative estimate of drug-likeness (QED) is 0.486. The number of benzene rings is 2. The zero-order valence-corrected chi connectivity index (χ0v) is 12.7. The van der Waals surface area contributed by atoms with Crippen LogP contribution < -0.4 is 29.6 Å². The predicted molar refractivity (Wildman–Crippen MR) is 60.0 cm³/mol. The Kier molecular flexibility index (Phi) is 4.30. The van der Waals surface area contributed by atoms with Crippen LogP contribution in [0.25, 0.3) is 10.8 Å². The standard InChI is InChI=1S/C11H10O5S.Na/c1-6-2-7-5-11(17(14,15)16)10(13)4-8(7)3-9(6)12;/h2-5,12-13H,1H3,(H,14,15,16);/q;+1/p-1. The maximum Gasteiger partial charge on any atom is 1.00 e. The van der Waals surface area contributed by atoms with Gasteiger partial charge in [-0.25, -0.2) is 8.42 Å². The van der Waals surface area contributed by atoms with Crippen molar-refractivity contribution in [2.75, 3.05) is 0 Å². The Bertz CT molecular complexity index is 709. The van der Waals surface area contributed by atoms with Gasteiger partial charge in [-0.2, -0.15) is 0 Å². The minimum absolute atomic E-state index is 0. The monoisotopic (exact) mass is 276 g/mol. The largest absolute Gasteiger partial charge is 1.00 e. The molecule has 0 aliphatic rings. The molecule has 0 atom stereocenters. The van der Waals surface area contributed by atoms with Crippen LogP contribution in [0.4, 0.5) is 0 Å². The summed E-state index contributed by atoms with van der Waals surface area (Å²) in [4.78, 5) is -0.657. The Morgan fingerprint density at radius 2 is 1.50 bits per heavy atom. The Morgan fingerprint density at radius 1 is 1.00 bits per heavy atom. The average molecular weight is 276 g/mol. The molecule has 0 aliphatic heterocycles. The summed E-state index contributed by atoms with van der Waals surface area (Å²) < 4.78 is 32.7. The zero-order chi connectivity index (χ0) is 12.8. The first kappa shape index (κ1) is 15.3. The van der Waals surface area contributed by atoms with Gasteiger partial charge in [0.2, 0.25) is 0 Å². The second-order valence-electron chi connectivity index (χ2n) is 3.76. The molecule has 7 heteroatoms. The van der Waals surface area contributed by atoms with Crippen LogP contribution in [0.5, 0.6) is 11.5 Å². The normalized spacial score (nSPS) is 11.2. The van der Waals surface area contributed by atoms with Crippen molar-refractivity contribution < 1.29 is 52.7 Å². The molecular weight excluding hydrogens is 267 g/mol. The van der Waals surface area contributed by atoms with Crippen LogP contribution in [-0.2, 0) is 10.1 Å². The summed E-state index contributed by atoms with van der Waals surface area (Å²) in [5, 5.41) is 19.8. The summed E-state index contributed by atoms with van der Waals surface area (Å²) in [5.41, 5.74) is 0.553. The first-order valence-corrected chi connectivity index (χ1v) is 6.12. The number of rotatable bonds is 1. The second kappa shape index (κ2) is 5.07. The molecule has 0 amide bonds. The van der Waals surface area contributed by atoms with Gasteiger partial charge in [0.15, 0.2) is 0 Å². The van der Waals surface area contributed by atoms with E-state index in [1.165, 1.54) is 6.07 Å². The molecule has 2 rings (SSSR count). The number of aromatic hydroxyl groups is 2. The molecule has 2 N–H and O–H groups in total. The van der Waals surface area contributed by atoms with E-state index < -0.39 is 20.8 Å². The van der Waals surface area contributed by atoms with Crippen molar-refractivity contribution in [3.63, 3.8) is 0 Å². The van der Waals surface area contributed by atoms with Crippen molar-refractivity contribution in [1.82, 2.24) is 0 Å². The molecule has 0 aliphatic carbocycles. The Labute approximate surface area is 126 Å². The minimum Gasteiger partial charge on any atom is -0.744 e. The van der Waals surface area contributed by atoms with Crippen LogP contribution in [0, 0.1) is 6.92 Å². The van der Waals surface area contributed by atoms with E-state index >= 15 is 0 Å². The fourth-order valence-corrected chi connectivity index (χ4v) is 2.21. The summed E-state index contributed by atoms with van der Waals surface area (Å²) in [6.07, 6.45) is 0. The van der Waals surface area contributed by atoms with Gasteiger partial charge in [-0.3, -0.25) is 0 Å². The molecule has 0 spiro atoms. The Balaban J connectivity index is 0.00000162. The van der Waals surface area contributed by atoms with Gasteiger partial charge in [-0.15, -0.1) is 0 Å². The Hall–Kier alpha value is -0.790. The van der Waals surface area contributed by atoms with Crippen LogP contribution >= 0.6 is 0 Å². The van der Waals surface area contributed by atoms with Crippen LogP contribution in [-0.4, -0.2) is 23.2 Å². The second-order valence-corrected chi connectivity index (χ2v) is 5.11. The number of hydrogen-bond acceptors (Lipinski definition) is 5. The van der Waals surface area contributed by atoms with Gasteiger partial charge in [0, 0.05) is 0 Å². The van der Waals surface area contributed by atoms with Crippen LogP contribution in [0.3, 0.4) is 0 Å². The molecular formula is C11H9NaO5S. The molecule has 0 bridgehead atoms. The fraction of sp³-hybridized carbons (Fsp3) is 0.0909. The molecule has 0 saturated carbocycles. The molecule has 0 fully saturated rings. The van der Waals surface area contributed by atoms with Crippen molar-refractivity contribution in [3.8, 4) is 11.5 Å². The molecule has 90 valence electrons. The van der Waals surface area contributed by atoms with E-state index in [1.807, 2.05) is 0 Å². The third-order valence-corrected chi connectivity index (χ3v) is 3.37. The summed E-state index contributed by atoms with van der Waals surface area (Å²) in [6.45, 7) is 1.65. The van der Waals surface area contributed by atoms with Gasteiger partial charge in [0.05, 0.1) is 4.90 Å². The molecule has 2 aromatic rings. The summed E-state index contributed by atoms with van der Waals surface area (Å²) >= 11 is 0. The van der Waals surface area contributed by atoms with E-state index in [1.54, 1.807) is 13.0 Å². The zero-order valence-electron chi connectivity index (χ0n) is 9.84. The van der Waals surface area contributed by atoms with Gasteiger partial charge >= 0.3 is 29.6 Å². The van der Waals surface area contributed by atoms with Crippen LogP contribution in [0.2, 0.25) is 0 Å². The first-order chi connectivity index (χ1) is 7.79. The summed E-state index contributed by atoms with van der Waals surface area (Å²) in [6, 6.07) is 5.17. The molecule has 0 saturated heterocycles. The van der Waals surface area contributed by atoms with E-state index in [0.29, 0.717) is 16.3 Å². The van der Waals surface area contributed by atoms with E-state index in [0.717, 1.165) is 12.1 Å². The van der Waals surface area contributed by atoms with Gasteiger partial charge in [-0.1, -0.05) is 0 Å². The van der Waals surface area contributed by atoms with E-state index in [4.69, 9.17) is 0 Å². The fourth-order valence-electron chi connectivity index (χ4n) is 1.62. The van der Waals surface area contributed by atoms with Crippen LogP contribution in [0.1, 0.15) is 5.56 Å². The van der Waals surface area contributed by atoms with E-state index in [-0.39, 0.29) is 35.3 Å². The number of fused-ring (bicyclic) bond motifs is 1. The van der Waals surface area contributed by atoms with Crippen molar-refractivity contribution in [3.05, 3.63) is 29.8 Å². The molecule has 0 aromatic heterocycles. The molecule has 0 heterocycles. The minimum atomic E-state index is -4.71. The van der Waals surface area contributed by atoms with Crippen molar-refractivity contribution in [1.29, 1.82) is 0 Å². The summed E-state index contributed by atoms with van der Waals surface area (Å²) in [5.74, 6) is -0.578. The molecule has 0 unspecified atom stereocenters. The third-order valence-electron chi connectivity index (χ3n) is 2.50. The van der Waals surface area contributed by atoms with E-state index in [9.17, 15) is 23.2 Å². The van der Waals surface area contributed by atoms with Crippen molar-refractivity contribution in [2.24, 2.45) is 0 Å². The maximum atomic E-state index is 10.9. The van der Waals surface area contributed by atoms with Gasteiger partial charge < -0.3 is 14.8 Å². The Morgan fingerprint density at radius 3 is 2.06 bits per heavy atom.